The van der Waals surface area contributed by atoms with Crippen molar-refractivity contribution in [1.29, 1.82) is 0 Å². The Labute approximate surface area is 189 Å². The third-order valence-electron chi connectivity index (χ3n) is 5.52. The molecule has 0 unspecified atom stereocenters. The van der Waals surface area contributed by atoms with E-state index in [2.05, 4.69) is 113 Å². The predicted octanol–water partition coefficient (Wildman–Crippen LogP) is 6.53. The van der Waals surface area contributed by atoms with E-state index in [1.807, 2.05) is 0 Å². The Kier molecular flexibility index (Phi) is 9.95. The lowest BCUT2D eigenvalue weighted by Gasteiger charge is -2.43. The molecular formula is C24H34Br2OSi. The van der Waals surface area contributed by atoms with Gasteiger partial charge in [0.1, 0.15) is 0 Å². The molecule has 0 heterocycles. The summed E-state index contributed by atoms with van der Waals surface area (Å²) in [7, 11) is -2.39. The maximum absolute atomic E-state index is 7.03. The third kappa shape index (κ3) is 6.04. The summed E-state index contributed by atoms with van der Waals surface area (Å²) in [5, 5.41) is 4.94. The van der Waals surface area contributed by atoms with Gasteiger partial charge in [0.2, 0.25) is 0 Å². The van der Waals surface area contributed by atoms with E-state index in [4.69, 9.17) is 4.43 Å². The topological polar surface area (TPSA) is 9.23 Å². The highest BCUT2D eigenvalue weighted by atomic mass is 79.9. The summed E-state index contributed by atoms with van der Waals surface area (Å²) < 4.78 is 7.03. The summed E-state index contributed by atoms with van der Waals surface area (Å²) >= 11 is 7.21. The monoisotopic (exact) mass is 524 g/mol. The lowest BCUT2D eigenvalue weighted by Crippen LogP contribution is -2.66. The quantitative estimate of drug-likeness (QED) is 0.239. The molecule has 0 aromatic heterocycles. The Hall–Kier alpha value is -0.423. The molecule has 0 aliphatic carbocycles. The number of benzene rings is 2. The minimum absolute atomic E-state index is 0.0521. The summed E-state index contributed by atoms with van der Waals surface area (Å²) in [6, 6.07) is 21.9. The molecule has 2 aromatic rings. The molecule has 154 valence electrons. The number of rotatable bonds is 11. The predicted molar refractivity (Wildman–Crippen MR) is 133 cm³/mol. The van der Waals surface area contributed by atoms with Crippen LogP contribution < -0.4 is 10.4 Å². The molecule has 0 aliphatic heterocycles. The number of halogens is 2. The van der Waals surface area contributed by atoms with Crippen LogP contribution in [0.3, 0.4) is 0 Å². The van der Waals surface area contributed by atoms with Crippen LogP contribution >= 0.6 is 31.9 Å². The fourth-order valence-corrected chi connectivity index (χ4v) is 9.64. The molecule has 0 aliphatic rings. The first kappa shape index (κ1) is 23.9. The van der Waals surface area contributed by atoms with Crippen molar-refractivity contribution in [3.63, 3.8) is 0 Å². The van der Waals surface area contributed by atoms with E-state index in [0.29, 0.717) is 0 Å². The van der Waals surface area contributed by atoms with E-state index >= 15 is 0 Å². The van der Waals surface area contributed by atoms with Gasteiger partial charge in [0.15, 0.2) is 0 Å². The van der Waals surface area contributed by atoms with Crippen LogP contribution in [-0.2, 0) is 4.43 Å². The molecule has 1 nitrogen and oxygen atoms in total. The van der Waals surface area contributed by atoms with Crippen LogP contribution in [0.4, 0.5) is 0 Å². The number of alkyl halides is 2. The second kappa shape index (κ2) is 11.7. The number of hydrogen-bond donors (Lipinski definition) is 0. The third-order valence-corrected chi connectivity index (χ3v) is 11.6. The standard InChI is InChI=1S/C24H34Br2OSi/c1-24(2,3)28(22-12-6-4-7-13-22,23-14-8-5-9-15-23)27-20-17-21(16-19-26)11-10-18-25/h4-9,12-15,21H,10-11,16-20H2,1-3H3/t21-/m1/s1. The fraction of sp³-hybridized carbons (Fsp3) is 0.500. The molecule has 0 bridgehead atoms. The van der Waals surface area contributed by atoms with Crippen molar-refractivity contribution in [2.75, 3.05) is 17.3 Å². The SMILES string of the molecule is CC(C)(C)[Si](OCC[C@@H](CCBr)CCCBr)(c1ccccc1)c1ccccc1. The molecule has 0 spiro atoms. The van der Waals surface area contributed by atoms with E-state index in [1.165, 1.54) is 29.6 Å². The largest absolute Gasteiger partial charge is 0.407 e. The minimum Gasteiger partial charge on any atom is -0.407 e. The molecule has 0 N–H and O–H groups in total. The lowest BCUT2D eigenvalue weighted by molar-refractivity contribution is 0.255. The van der Waals surface area contributed by atoms with Crippen molar-refractivity contribution in [3.8, 4) is 0 Å². The van der Waals surface area contributed by atoms with Crippen molar-refractivity contribution in [2.45, 2.75) is 51.5 Å². The van der Waals surface area contributed by atoms with Gasteiger partial charge in [-0.25, -0.2) is 0 Å². The first-order valence-corrected chi connectivity index (χ1v) is 14.5. The zero-order valence-electron chi connectivity index (χ0n) is 17.5. The van der Waals surface area contributed by atoms with Gasteiger partial charge in [-0.3, -0.25) is 0 Å². The average molecular weight is 526 g/mol. The second-order valence-electron chi connectivity index (χ2n) is 8.48. The Bertz CT molecular complexity index is 631. The highest BCUT2D eigenvalue weighted by Gasteiger charge is 2.50. The van der Waals surface area contributed by atoms with Crippen LogP contribution in [0, 0.1) is 5.92 Å². The normalized spacial score (nSPS) is 13.5. The Morgan fingerprint density at radius 3 is 1.75 bits per heavy atom. The van der Waals surface area contributed by atoms with Crippen LogP contribution in [0.5, 0.6) is 0 Å². The summed E-state index contributed by atoms with van der Waals surface area (Å²) in [4.78, 5) is 0. The molecule has 2 rings (SSSR count). The Balaban J connectivity index is 2.33. The summed E-state index contributed by atoms with van der Waals surface area (Å²) in [5.74, 6) is 0.718. The Morgan fingerprint density at radius 2 is 1.32 bits per heavy atom. The highest BCUT2D eigenvalue weighted by molar-refractivity contribution is 9.09. The smallest absolute Gasteiger partial charge is 0.261 e. The summed E-state index contributed by atoms with van der Waals surface area (Å²) in [6.07, 6.45) is 4.85. The molecule has 28 heavy (non-hydrogen) atoms. The van der Waals surface area contributed by atoms with Crippen LogP contribution in [0.2, 0.25) is 5.04 Å². The van der Waals surface area contributed by atoms with Crippen molar-refractivity contribution >= 4 is 50.6 Å². The lowest BCUT2D eigenvalue weighted by atomic mass is 9.98. The van der Waals surface area contributed by atoms with Gasteiger partial charge in [0.05, 0.1) is 0 Å². The molecular weight excluding hydrogens is 492 g/mol. The van der Waals surface area contributed by atoms with E-state index < -0.39 is 8.32 Å². The second-order valence-corrected chi connectivity index (χ2v) is 14.4. The summed E-state index contributed by atoms with van der Waals surface area (Å²) in [6.45, 7) is 7.87. The van der Waals surface area contributed by atoms with Crippen molar-refractivity contribution in [3.05, 3.63) is 60.7 Å². The van der Waals surface area contributed by atoms with Gasteiger partial charge in [-0.15, -0.1) is 0 Å². The Morgan fingerprint density at radius 1 is 0.786 bits per heavy atom. The van der Waals surface area contributed by atoms with E-state index in [1.54, 1.807) is 0 Å². The van der Waals surface area contributed by atoms with Crippen LogP contribution in [-0.4, -0.2) is 25.6 Å². The van der Waals surface area contributed by atoms with Gasteiger partial charge in [-0.1, -0.05) is 113 Å². The van der Waals surface area contributed by atoms with Crippen LogP contribution in [0.25, 0.3) is 0 Å². The average Bonchev–Trinajstić information content (AvgIpc) is 2.69. The molecule has 0 amide bonds. The number of hydrogen-bond acceptors (Lipinski definition) is 1. The van der Waals surface area contributed by atoms with Crippen LogP contribution in [0.1, 0.15) is 46.5 Å². The molecule has 0 fully saturated rings. The van der Waals surface area contributed by atoms with Crippen LogP contribution in [0.15, 0.2) is 60.7 Å². The van der Waals surface area contributed by atoms with E-state index in [0.717, 1.165) is 29.6 Å². The van der Waals surface area contributed by atoms with Crippen molar-refractivity contribution in [1.82, 2.24) is 0 Å². The van der Waals surface area contributed by atoms with E-state index in [9.17, 15) is 0 Å². The van der Waals surface area contributed by atoms with Crippen molar-refractivity contribution in [2.24, 2.45) is 5.92 Å². The molecule has 0 saturated carbocycles. The van der Waals surface area contributed by atoms with Gasteiger partial charge in [-0.2, -0.15) is 0 Å². The molecule has 0 radical (unpaired) electrons. The minimum atomic E-state index is -2.39. The molecule has 0 saturated heterocycles. The molecule has 2 aromatic carbocycles. The first-order valence-electron chi connectivity index (χ1n) is 10.3. The van der Waals surface area contributed by atoms with Gasteiger partial charge in [-0.05, 0) is 47.0 Å². The molecule has 4 heteroatoms. The highest BCUT2D eigenvalue weighted by Crippen LogP contribution is 2.37. The maximum Gasteiger partial charge on any atom is 0.261 e. The van der Waals surface area contributed by atoms with Gasteiger partial charge in [0, 0.05) is 17.3 Å². The van der Waals surface area contributed by atoms with Gasteiger partial charge >= 0.3 is 0 Å². The van der Waals surface area contributed by atoms with Gasteiger partial charge in [0.25, 0.3) is 8.32 Å². The summed E-state index contributed by atoms with van der Waals surface area (Å²) in [5.41, 5.74) is 0. The van der Waals surface area contributed by atoms with E-state index in [-0.39, 0.29) is 5.04 Å². The maximum atomic E-state index is 7.03. The zero-order valence-corrected chi connectivity index (χ0v) is 21.6. The van der Waals surface area contributed by atoms with Gasteiger partial charge < -0.3 is 4.43 Å². The molecule has 1 atom stereocenters. The fourth-order valence-electron chi connectivity index (χ4n) is 4.09. The zero-order chi connectivity index (χ0) is 20.5. The first-order chi connectivity index (χ1) is 13.5. The van der Waals surface area contributed by atoms with Crippen molar-refractivity contribution < 1.29 is 4.43 Å².